The summed E-state index contributed by atoms with van der Waals surface area (Å²) in [6, 6.07) is 4.21. The summed E-state index contributed by atoms with van der Waals surface area (Å²) in [5.41, 5.74) is 1.41. The molecule has 0 aromatic carbocycles. The Morgan fingerprint density at radius 2 is 2.50 bits per heavy atom. The molecule has 0 amide bonds. The molecule has 0 radical (unpaired) electrons. The Morgan fingerprint density at radius 1 is 1.58 bits per heavy atom. The van der Waals surface area contributed by atoms with Crippen molar-refractivity contribution in [1.82, 2.24) is 4.98 Å². The minimum absolute atomic E-state index is 1.07. The molecule has 0 aliphatic carbocycles. The van der Waals surface area contributed by atoms with Crippen LogP contribution in [0, 0.1) is 0 Å². The Balaban J connectivity index is 2.37. The van der Waals surface area contributed by atoms with Gasteiger partial charge >= 0.3 is 0 Å². The van der Waals surface area contributed by atoms with E-state index >= 15 is 0 Å². The minimum Gasteiger partial charge on any atom is -0.357 e. The maximum absolute atomic E-state index is 4.40. The Morgan fingerprint density at radius 3 is 3.33 bits per heavy atom. The van der Waals surface area contributed by atoms with Crippen molar-refractivity contribution in [2.24, 2.45) is 0 Å². The topological polar surface area (TPSA) is 16.1 Å². The number of anilines is 1. The van der Waals surface area contributed by atoms with Crippen LogP contribution in [0.4, 0.5) is 5.82 Å². The number of hydrogen-bond acceptors (Lipinski definition) is 2. The van der Waals surface area contributed by atoms with Gasteiger partial charge in [0.2, 0.25) is 0 Å². The zero-order valence-electron chi connectivity index (χ0n) is 7.45. The number of nitrogens with zero attached hydrogens (tertiary/aromatic N) is 2. The Hall–Kier alpha value is -1.05. The van der Waals surface area contributed by atoms with E-state index in [1.165, 1.54) is 30.8 Å². The van der Waals surface area contributed by atoms with Gasteiger partial charge in [-0.2, -0.15) is 0 Å². The first-order valence-corrected chi connectivity index (χ1v) is 4.60. The van der Waals surface area contributed by atoms with E-state index in [4.69, 9.17) is 0 Å². The van der Waals surface area contributed by atoms with Gasteiger partial charge in [0.05, 0.1) is 0 Å². The number of pyridine rings is 1. The van der Waals surface area contributed by atoms with E-state index in [2.05, 4.69) is 22.9 Å². The van der Waals surface area contributed by atoms with Gasteiger partial charge in [0.25, 0.3) is 0 Å². The Kier molecular flexibility index (Phi) is 1.98. The molecular formula is C10H14N2. The highest BCUT2D eigenvalue weighted by Gasteiger charge is 2.14. The van der Waals surface area contributed by atoms with Gasteiger partial charge in [0.15, 0.2) is 0 Å². The molecule has 2 nitrogen and oxygen atoms in total. The number of fused-ring (bicyclic) bond motifs is 1. The van der Waals surface area contributed by atoms with Crippen molar-refractivity contribution in [2.75, 3.05) is 18.0 Å². The van der Waals surface area contributed by atoms with Crippen LogP contribution in [0.5, 0.6) is 0 Å². The normalized spacial score (nSPS) is 15.9. The van der Waals surface area contributed by atoms with E-state index in [1.807, 2.05) is 12.3 Å². The van der Waals surface area contributed by atoms with Crippen LogP contribution in [0.3, 0.4) is 0 Å². The Labute approximate surface area is 73.2 Å². The monoisotopic (exact) mass is 162 g/mol. The average molecular weight is 162 g/mol. The van der Waals surface area contributed by atoms with E-state index in [0.717, 1.165) is 6.54 Å². The molecule has 0 spiro atoms. The third-order valence-corrected chi connectivity index (χ3v) is 2.42. The predicted molar refractivity (Wildman–Crippen MR) is 50.4 cm³/mol. The van der Waals surface area contributed by atoms with E-state index in [-0.39, 0.29) is 0 Å². The average Bonchev–Trinajstić information content (AvgIpc) is 2.17. The summed E-state index contributed by atoms with van der Waals surface area (Å²) in [4.78, 5) is 6.74. The summed E-state index contributed by atoms with van der Waals surface area (Å²) in [6.07, 6.45) is 4.35. The van der Waals surface area contributed by atoms with Crippen LogP contribution in [-0.2, 0) is 6.42 Å². The van der Waals surface area contributed by atoms with Crippen molar-refractivity contribution >= 4 is 5.82 Å². The fourth-order valence-electron chi connectivity index (χ4n) is 1.78. The molecule has 2 heteroatoms. The van der Waals surface area contributed by atoms with Crippen LogP contribution in [0.2, 0.25) is 0 Å². The molecule has 1 aliphatic heterocycles. The van der Waals surface area contributed by atoms with Crippen molar-refractivity contribution in [3.63, 3.8) is 0 Å². The first kappa shape index (κ1) is 7.59. The van der Waals surface area contributed by atoms with Gasteiger partial charge in [-0.05, 0) is 31.4 Å². The highest BCUT2D eigenvalue weighted by molar-refractivity contribution is 5.48. The molecule has 64 valence electrons. The highest BCUT2D eigenvalue weighted by atomic mass is 15.2. The molecule has 0 fully saturated rings. The van der Waals surface area contributed by atoms with Crippen molar-refractivity contribution in [2.45, 2.75) is 19.8 Å². The molecule has 2 heterocycles. The second-order valence-electron chi connectivity index (χ2n) is 3.17. The third kappa shape index (κ3) is 1.17. The van der Waals surface area contributed by atoms with Crippen molar-refractivity contribution in [3.05, 3.63) is 23.9 Å². The molecule has 1 aliphatic rings. The molecule has 2 rings (SSSR count). The number of rotatable bonds is 1. The summed E-state index contributed by atoms with van der Waals surface area (Å²) in [5, 5.41) is 0. The predicted octanol–water partition coefficient (Wildman–Crippen LogP) is 1.85. The maximum Gasteiger partial charge on any atom is 0.131 e. The van der Waals surface area contributed by atoms with Gasteiger partial charge in [-0.25, -0.2) is 4.98 Å². The molecule has 0 unspecified atom stereocenters. The summed E-state index contributed by atoms with van der Waals surface area (Å²) < 4.78 is 0. The van der Waals surface area contributed by atoms with E-state index in [1.54, 1.807) is 0 Å². The molecule has 1 aromatic heterocycles. The van der Waals surface area contributed by atoms with Crippen LogP contribution in [0.1, 0.15) is 18.9 Å². The maximum atomic E-state index is 4.40. The molecule has 0 saturated heterocycles. The summed E-state index contributed by atoms with van der Waals surface area (Å²) in [7, 11) is 0. The van der Waals surface area contributed by atoms with Crippen LogP contribution < -0.4 is 4.90 Å². The second-order valence-corrected chi connectivity index (χ2v) is 3.17. The smallest absolute Gasteiger partial charge is 0.131 e. The van der Waals surface area contributed by atoms with E-state index in [0.29, 0.717) is 0 Å². The summed E-state index contributed by atoms with van der Waals surface area (Å²) in [5.74, 6) is 1.20. The SMILES string of the molecule is CCN1CCCc2cccnc21. The third-order valence-electron chi connectivity index (χ3n) is 2.42. The number of aryl methyl sites for hydroxylation is 1. The highest BCUT2D eigenvalue weighted by Crippen LogP contribution is 2.23. The van der Waals surface area contributed by atoms with Gasteiger partial charge in [-0.3, -0.25) is 0 Å². The number of hydrogen-bond donors (Lipinski definition) is 0. The van der Waals surface area contributed by atoms with Gasteiger partial charge < -0.3 is 4.90 Å². The van der Waals surface area contributed by atoms with Gasteiger partial charge in [0.1, 0.15) is 5.82 Å². The fourth-order valence-corrected chi connectivity index (χ4v) is 1.78. The molecule has 0 bridgehead atoms. The fraction of sp³-hybridized carbons (Fsp3) is 0.500. The summed E-state index contributed by atoms with van der Waals surface area (Å²) in [6.45, 7) is 4.42. The lowest BCUT2D eigenvalue weighted by Gasteiger charge is -2.28. The lowest BCUT2D eigenvalue weighted by Crippen LogP contribution is -2.29. The van der Waals surface area contributed by atoms with Crippen LogP contribution in [0.15, 0.2) is 18.3 Å². The first-order valence-electron chi connectivity index (χ1n) is 4.60. The zero-order valence-corrected chi connectivity index (χ0v) is 7.45. The van der Waals surface area contributed by atoms with Crippen LogP contribution in [0.25, 0.3) is 0 Å². The van der Waals surface area contributed by atoms with Crippen LogP contribution in [-0.4, -0.2) is 18.1 Å². The van der Waals surface area contributed by atoms with Gasteiger partial charge in [-0.1, -0.05) is 6.07 Å². The zero-order chi connectivity index (χ0) is 8.39. The molecule has 0 atom stereocenters. The molecule has 0 N–H and O–H groups in total. The minimum atomic E-state index is 1.07. The van der Waals surface area contributed by atoms with Crippen molar-refractivity contribution in [1.29, 1.82) is 0 Å². The van der Waals surface area contributed by atoms with E-state index < -0.39 is 0 Å². The largest absolute Gasteiger partial charge is 0.357 e. The standard InChI is InChI=1S/C10H14N2/c1-2-12-8-4-6-9-5-3-7-11-10(9)12/h3,5,7H,2,4,6,8H2,1H3. The second kappa shape index (κ2) is 3.13. The van der Waals surface area contributed by atoms with Gasteiger partial charge in [0, 0.05) is 19.3 Å². The van der Waals surface area contributed by atoms with Crippen molar-refractivity contribution < 1.29 is 0 Å². The lowest BCUT2D eigenvalue weighted by molar-refractivity contribution is 0.694. The Bertz CT molecular complexity index is 270. The van der Waals surface area contributed by atoms with Crippen LogP contribution >= 0.6 is 0 Å². The van der Waals surface area contributed by atoms with Gasteiger partial charge in [-0.15, -0.1) is 0 Å². The van der Waals surface area contributed by atoms with E-state index in [9.17, 15) is 0 Å². The molecular weight excluding hydrogens is 148 g/mol. The first-order chi connectivity index (χ1) is 5.92. The molecule has 0 saturated carbocycles. The lowest BCUT2D eigenvalue weighted by atomic mass is 10.1. The van der Waals surface area contributed by atoms with Crippen molar-refractivity contribution in [3.8, 4) is 0 Å². The quantitative estimate of drug-likeness (QED) is 0.626. The number of aromatic nitrogens is 1. The summed E-state index contributed by atoms with van der Waals surface area (Å²) >= 11 is 0. The molecule has 12 heavy (non-hydrogen) atoms. The molecule has 1 aromatic rings.